The van der Waals surface area contributed by atoms with Gasteiger partial charge in [-0.1, -0.05) is 29.8 Å². The molecule has 1 heterocycles. The first-order valence-corrected chi connectivity index (χ1v) is 9.38. The highest BCUT2D eigenvalue weighted by Gasteiger charge is 2.23. The van der Waals surface area contributed by atoms with Gasteiger partial charge in [0.1, 0.15) is 0 Å². The van der Waals surface area contributed by atoms with Gasteiger partial charge in [-0.25, -0.2) is 0 Å². The van der Waals surface area contributed by atoms with Crippen molar-refractivity contribution in [3.8, 4) is 4.90 Å². The average molecular weight is 345 g/mol. The van der Waals surface area contributed by atoms with Crippen molar-refractivity contribution in [2.75, 3.05) is 0 Å². The van der Waals surface area contributed by atoms with Gasteiger partial charge in [-0.2, -0.15) is 0 Å². The third-order valence-corrected chi connectivity index (χ3v) is 6.79. The monoisotopic (exact) mass is 345 g/mol. The number of rotatable bonds is 2. The van der Waals surface area contributed by atoms with Crippen molar-refractivity contribution >= 4 is 36.4 Å². The number of carbonyl (C=O) groups excluding carboxylic acids is 1. The van der Waals surface area contributed by atoms with E-state index in [0.29, 0.717) is 10.9 Å². The summed E-state index contributed by atoms with van der Waals surface area (Å²) in [6, 6.07) is 21.8. The van der Waals surface area contributed by atoms with Crippen LogP contribution in [0.1, 0.15) is 22.8 Å². The number of benzene rings is 3. The molecule has 2 nitrogen and oxygen atoms in total. The molecule has 3 aromatic carbocycles. The van der Waals surface area contributed by atoms with Gasteiger partial charge >= 0.3 is 0 Å². The van der Waals surface area contributed by atoms with E-state index in [9.17, 15) is 9.59 Å². The molecule has 0 amide bonds. The zero-order valence-electron chi connectivity index (χ0n) is 14.1. The van der Waals surface area contributed by atoms with Gasteiger partial charge in [0.15, 0.2) is 20.1 Å². The second-order valence-electron chi connectivity index (χ2n) is 6.21. The van der Waals surface area contributed by atoms with Crippen molar-refractivity contribution in [2.45, 2.75) is 13.8 Å². The van der Waals surface area contributed by atoms with E-state index < -0.39 is 0 Å². The van der Waals surface area contributed by atoms with Crippen LogP contribution in [-0.4, -0.2) is 5.78 Å². The molecule has 4 rings (SSSR count). The predicted octanol–water partition coefficient (Wildman–Crippen LogP) is 5.60. The van der Waals surface area contributed by atoms with E-state index >= 15 is 0 Å². The molecule has 0 aliphatic rings. The molecule has 4 aromatic rings. The van der Waals surface area contributed by atoms with Gasteiger partial charge in [0.05, 0.1) is 10.8 Å². The summed E-state index contributed by atoms with van der Waals surface area (Å²) in [7, 11) is -0.341. The molecule has 122 valence electrons. The first-order valence-electron chi connectivity index (χ1n) is 8.16. The molecule has 0 saturated heterocycles. The van der Waals surface area contributed by atoms with E-state index in [-0.39, 0.29) is 21.7 Å². The van der Waals surface area contributed by atoms with E-state index in [0.717, 1.165) is 14.8 Å². The van der Waals surface area contributed by atoms with Gasteiger partial charge in [0.25, 0.3) is 0 Å². The minimum atomic E-state index is -0.341. The summed E-state index contributed by atoms with van der Waals surface area (Å²) in [4.78, 5) is 26.0. The van der Waals surface area contributed by atoms with Crippen LogP contribution in [0.3, 0.4) is 0 Å². The minimum Gasteiger partial charge on any atom is -0.295 e. The standard InChI is InChI=1S/C22H17O2S/c1-14-7-10-17(11-8-14)25-20-6-4-3-5-18(20)22(24)19-13-16(15(2)23)9-12-21(19)25/h3-13H,1-2H3/q+1. The van der Waals surface area contributed by atoms with Crippen LogP contribution in [0, 0.1) is 6.92 Å². The zero-order valence-corrected chi connectivity index (χ0v) is 14.9. The molecule has 1 aromatic heterocycles. The second-order valence-corrected chi connectivity index (χ2v) is 8.18. The van der Waals surface area contributed by atoms with Crippen LogP contribution in [0.25, 0.3) is 25.1 Å². The van der Waals surface area contributed by atoms with Crippen molar-refractivity contribution in [2.24, 2.45) is 0 Å². The van der Waals surface area contributed by atoms with Crippen LogP contribution in [0.2, 0.25) is 0 Å². The van der Waals surface area contributed by atoms with Crippen LogP contribution in [0.4, 0.5) is 0 Å². The van der Waals surface area contributed by atoms with Crippen molar-refractivity contribution in [3.63, 3.8) is 0 Å². The minimum absolute atomic E-state index is 0.00422. The van der Waals surface area contributed by atoms with Crippen molar-refractivity contribution in [1.29, 1.82) is 0 Å². The van der Waals surface area contributed by atoms with Crippen molar-refractivity contribution < 1.29 is 4.79 Å². The zero-order chi connectivity index (χ0) is 17.6. The molecule has 1 atom stereocenters. The summed E-state index contributed by atoms with van der Waals surface area (Å²) >= 11 is 0. The third-order valence-electron chi connectivity index (χ3n) is 4.46. The molecular formula is C22H17O2S+. The van der Waals surface area contributed by atoms with Gasteiger partial charge in [-0.15, -0.1) is 0 Å². The molecule has 25 heavy (non-hydrogen) atoms. The lowest BCUT2D eigenvalue weighted by molar-refractivity contribution is 0.101. The van der Waals surface area contributed by atoms with E-state index in [1.54, 1.807) is 6.07 Å². The lowest BCUT2D eigenvalue weighted by atomic mass is 10.1. The van der Waals surface area contributed by atoms with E-state index in [1.165, 1.54) is 17.4 Å². The van der Waals surface area contributed by atoms with Crippen molar-refractivity contribution in [3.05, 3.63) is 88.1 Å². The number of Topliss-reactive ketones (excluding diaryl/α,β-unsaturated/α-hetero) is 1. The number of hydrogen-bond acceptors (Lipinski definition) is 2. The summed E-state index contributed by atoms with van der Waals surface area (Å²) in [5.41, 5.74) is 1.80. The maximum atomic E-state index is 13.0. The fourth-order valence-corrected chi connectivity index (χ4v) is 5.45. The first kappa shape index (κ1) is 15.7. The molecule has 0 saturated carbocycles. The first-order chi connectivity index (χ1) is 12.1. The molecule has 3 heteroatoms. The quantitative estimate of drug-likeness (QED) is 0.269. The number of fused-ring (bicyclic) bond motifs is 2. The molecular weight excluding hydrogens is 328 g/mol. The molecule has 0 fully saturated rings. The number of ketones is 1. The van der Waals surface area contributed by atoms with Gasteiger partial charge in [0, 0.05) is 16.0 Å². The van der Waals surface area contributed by atoms with Crippen LogP contribution in [0.15, 0.2) is 71.5 Å². The topological polar surface area (TPSA) is 34.1 Å². The smallest absolute Gasteiger partial charge is 0.204 e. The highest BCUT2D eigenvalue weighted by atomic mass is 32.2. The largest absolute Gasteiger partial charge is 0.295 e. The predicted molar refractivity (Wildman–Crippen MR) is 106 cm³/mol. The summed E-state index contributed by atoms with van der Waals surface area (Å²) < 4.78 is 2.05. The van der Waals surface area contributed by atoms with Gasteiger partial charge in [-0.05, 0) is 56.3 Å². The molecule has 1 unspecified atom stereocenters. The molecule has 0 spiro atoms. The summed E-state index contributed by atoms with van der Waals surface area (Å²) in [5, 5.41) is 1.38. The Morgan fingerprint density at radius 3 is 2.24 bits per heavy atom. The highest BCUT2D eigenvalue weighted by molar-refractivity contribution is 7.49. The Bertz CT molecular complexity index is 1180. The van der Waals surface area contributed by atoms with Gasteiger partial charge in [-0.3, -0.25) is 9.59 Å². The van der Waals surface area contributed by atoms with Gasteiger partial charge < -0.3 is 0 Å². The van der Waals surface area contributed by atoms with Crippen molar-refractivity contribution in [1.82, 2.24) is 0 Å². The maximum Gasteiger partial charge on any atom is 0.204 e. The number of hydrogen-bond donors (Lipinski definition) is 0. The van der Waals surface area contributed by atoms with Crippen LogP contribution in [0.5, 0.6) is 0 Å². The second kappa shape index (κ2) is 5.94. The van der Waals surface area contributed by atoms with Gasteiger partial charge in [0.2, 0.25) is 5.43 Å². The number of carbonyl (C=O) groups is 1. The van der Waals surface area contributed by atoms with Crippen LogP contribution >= 0.6 is 10.5 Å². The third kappa shape index (κ3) is 2.57. The summed E-state index contributed by atoms with van der Waals surface area (Å²) in [5.74, 6) is -0.0234. The molecule has 0 N–H and O–H groups in total. The van der Waals surface area contributed by atoms with Crippen LogP contribution in [-0.2, 0) is 0 Å². The Hall–Kier alpha value is -2.78. The van der Waals surface area contributed by atoms with Crippen LogP contribution < -0.4 is 5.43 Å². The highest BCUT2D eigenvalue weighted by Crippen LogP contribution is 2.43. The van der Waals surface area contributed by atoms with E-state index in [4.69, 9.17) is 0 Å². The molecule has 0 bridgehead atoms. The maximum absolute atomic E-state index is 13.0. The Morgan fingerprint density at radius 1 is 0.840 bits per heavy atom. The number of aryl methyl sites for hydroxylation is 1. The Morgan fingerprint density at radius 2 is 1.52 bits per heavy atom. The molecule has 0 aliphatic heterocycles. The SMILES string of the molecule is CC(=O)c1ccc2c(c1)c(=O)c1ccccc1[s+]2-c1ccc(C)cc1. The fourth-order valence-electron chi connectivity index (χ4n) is 3.13. The summed E-state index contributed by atoms with van der Waals surface area (Å²) in [6.07, 6.45) is 0. The lowest BCUT2D eigenvalue weighted by Crippen LogP contribution is -2.04. The van der Waals surface area contributed by atoms with E-state index in [1.807, 2.05) is 36.4 Å². The Balaban J connectivity index is 2.21. The Labute approximate surface area is 148 Å². The average Bonchev–Trinajstić information content (AvgIpc) is 2.63. The fraction of sp³-hybridized carbons (Fsp3) is 0.0909. The lowest BCUT2D eigenvalue weighted by Gasteiger charge is -2.04. The van der Waals surface area contributed by atoms with E-state index in [2.05, 4.69) is 31.2 Å². The molecule has 0 aliphatic carbocycles. The molecule has 0 radical (unpaired) electrons. The Kier molecular flexibility index (Phi) is 3.74. The normalized spacial score (nSPS) is 11.8. The summed E-state index contributed by atoms with van der Waals surface area (Å²) in [6.45, 7) is 3.60.